The fourth-order valence-corrected chi connectivity index (χ4v) is 3.23. The van der Waals surface area contributed by atoms with Gasteiger partial charge in [-0.15, -0.1) is 5.10 Å². The lowest BCUT2D eigenvalue weighted by atomic mass is 10.1. The largest absolute Gasteiger partial charge is 0.496 e. The second-order valence-electron chi connectivity index (χ2n) is 6.30. The standard InChI is InChI=1S/C19H17ClN8O2/c1-30-18-7-17(28-12-23-25-26-28)16(20)6-15(18)19(29)22-8-13-4-2-3-5-14(13)9-27-11-21-10-24-27/h2-7,10-12H,8-9H2,1H3,(H,22,29). The number of nitrogens with one attached hydrogen (secondary N) is 1. The van der Waals surface area contributed by atoms with E-state index in [4.69, 9.17) is 16.3 Å². The Hall–Kier alpha value is -3.79. The molecule has 0 fully saturated rings. The molecule has 2 aromatic carbocycles. The van der Waals surface area contributed by atoms with Crippen LogP contribution in [0.4, 0.5) is 0 Å². The van der Waals surface area contributed by atoms with Gasteiger partial charge < -0.3 is 10.1 Å². The molecule has 0 saturated heterocycles. The van der Waals surface area contributed by atoms with Crippen LogP contribution >= 0.6 is 11.6 Å². The summed E-state index contributed by atoms with van der Waals surface area (Å²) in [5.41, 5.74) is 2.82. The molecule has 152 valence electrons. The van der Waals surface area contributed by atoms with Crippen LogP contribution in [0.3, 0.4) is 0 Å². The van der Waals surface area contributed by atoms with Crippen LogP contribution in [0.2, 0.25) is 5.02 Å². The highest BCUT2D eigenvalue weighted by Gasteiger charge is 2.17. The fraction of sp³-hybridized carbons (Fsp3) is 0.158. The Kier molecular flexibility index (Phi) is 5.66. The van der Waals surface area contributed by atoms with Crippen LogP contribution in [0.25, 0.3) is 5.69 Å². The normalized spacial score (nSPS) is 10.7. The molecule has 0 bridgehead atoms. The summed E-state index contributed by atoms with van der Waals surface area (Å²) in [7, 11) is 1.48. The van der Waals surface area contributed by atoms with Crippen molar-refractivity contribution in [3.05, 3.63) is 77.1 Å². The van der Waals surface area contributed by atoms with Gasteiger partial charge in [0.25, 0.3) is 5.91 Å². The van der Waals surface area contributed by atoms with Crippen molar-refractivity contribution in [2.24, 2.45) is 0 Å². The number of amides is 1. The van der Waals surface area contributed by atoms with Crippen molar-refractivity contribution >= 4 is 17.5 Å². The average molecular weight is 425 g/mol. The van der Waals surface area contributed by atoms with Crippen LogP contribution in [-0.4, -0.2) is 48.0 Å². The van der Waals surface area contributed by atoms with E-state index in [1.165, 1.54) is 30.5 Å². The van der Waals surface area contributed by atoms with Gasteiger partial charge in [-0.25, -0.2) is 9.67 Å². The molecular formula is C19H17ClN8O2. The Balaban J connectivity index is 1.53. The summed E-state index contributed by atoms with van der Waals surface area (Å²) in [6.07, 6.45) is 4.54. The Bertz CT molecular complexity index is 1150. The van der Waals surface area contributed by atoms with Gasteiger partial charge in [0.2, 0.25) is 0 Å². The monoisotopic (exact) mass is 424 g/mol. The summed E-state index contributed by atoms with van der Waals surface area (Å²) in [6.45, 7) is 0.890. The Morgan fingerprint density at radius 1 is 1.20 bits per heavy atom. The first-order valence-corrected chi connectivity index (χ1v) is 9.32. The van der Waals surface area contributed by atoms with E-state index in [-0.39, 0.29) is 5.91 Å². The quantitative estimate of drug-likeness (QED) is 0.482. The maximum atomic E-state index is 12.9. The molecule has 2 heterocycles. The summed E-state index contributed by atoms with van der Waals surface area (Å²) in [4.78, 5) is 16.8. The number of ether oxygens (including phenoxy) is 1. The van der Waals surface area contributed by atoms with E-state index in [9.17, 15) is 4.79 Å². The van der Waals surface area contributed by atoms with Crippen LogP contribution in [-0.2, 0) is 13.1 Å². The maximum absolute atomic E-state index is 12.9. The maximum Gasteiger partial charge on any atom is 0.255 e. The molecule has 11 heteroatoms. The van der Waals surface area contributed by atoms with Crippen molar-refractivity contribution in [1.82, 2.24) is 40.3 Å². The molecule has 0 unspecified atom stereocenters. The molecule has 4 aromatic rings. The number of carbonyl (C=O) groups is 1. The van der Waals surface area contributed by atoms with Crippen LogP contribution in [0.15, 0.2) is 55.4 Å². The van der Waals surface area contributed by atoms with Gasteiger partial charge in [0.05, 0.1) is 29.9 Å². The number of rotatable bonds is 7. The highest BCUT2D eigenvalue weighted by atomic mass is 35.5. The molecule has 4 rings (SSSR count). The summed E-state index contributed by atoms with van der Waals surface area (Å²) in [5, 5.41) is 18.4. The van der Waals surface area contributed by atoms with E-state index in [1.54, 1.807) is 17.1 Å². The van der Waals surface area contributed by atoms with Crippen LogP contribution in [0.1, 0.15) is 21.5 Å². The molecular weight excluding hydrogens is 408 g/mol. The molecule has 0 atom stereocenters. The first-order valence-electron chi connectivity index (χ1n) is 8.94. The summed E-state index contributed by atoms with van der Waals surface area (Å²) in [6, 6.07) is 11.0. The van der Waals surface area contributed by atoms with E-state index in [1.807, 2.05) is 24.3 Å². The van der Waals surface area contributed by atoms with E-state index in [0.29, 0.717) is 35.1 Å². The number of methoxy groups -OCH3 is 1. The minimum absolute atomic E-state index is 0.312. The van der Waals surface area contributed by atoms with E-state index in [2.05, 4.69) is 30.9 Å². The summed E-state index contributed by atoms with van der Waals surface area (Å²) >= 11 is 6.35. The van der Waals surface area contributed by atoms with Crippen LogP contribution < -0.4 is 10.1 Å². The molecule has 0 aliphatic heterocycles. The SMILES string of the molecule is COc1cc(-n2cnnn2)c(Cl)cc1C(=O)NCc1ccccc1Cn1cncn1. The van der Waals surface area contributed by atoms with Crippen LogP contribution in [0.5, 0.6) is 5.75 Å². The third-order valence-electron chi connectivity index (χ3n) is 4.47. The molecule has 1 amide bonds. The van der Waals surface area contributed by atoms with Gasteiger partial charge in [0.15, 0.2) is 0 Å². The Labute approximate surface area is 176 Å². The molecule has 0 saturated carbocycles. The van der Waals surface area contributed by atoms with Gasteiger partial charge in [-0.1, -0.05) is 35.9 Å². The third-order valence-corrected chi connectivity index (χ3v) is 4.77. The molecule has 2 aromatic heterocycles. The molecule has 0 aliphatic carbocycles. The van der Waals surface area contributed by atoms with Gasteiger partial charge in [-0.2, -0.15) is 9.78 Å². The molecule has 1 N–H and O–H groups in total. The Morgan fingerprint density at radius 2 is 2.03 bits per heavy atom. The number of tetrazole rings is 1. The number of hydrogen-bond acceptors (Lipinski definition) is 7. The number of aromatic nitrogens is 7. The zero-order valence-electron chi connectivity index (χ0n) is 15.9. The van der Waals surface area contributed by atoms with Crippen molar-refractivity contribution < 1.29 is 9.53 Å². The topological polar surface area (TPSA) is 113 Å². The number of benzene rings is 2. The molecule has 0 aliphatic rings. The van der Waals surface area contributed by atoms with Crippen molar-refractivity contribution in [2.75, 3.05) is 7.11 Å². The van der Waals surface area contributed by atoms with Crippen molar-refractivity contribution in [3.63, 3.8) is 0 Å². The molecule has 30 heavy (non-hydrogen) atoms. The van der Waals surface area contributed by atoms with E-state index < -0.39 is 0 Å². The average Bonchev–Trinajstić information content (AvgIpc) is 3.47. The zero-order valence-corrected chi connectivity index (χ0v) is 16.7. The van der Waals surface area contributed by atoms with Gasteiger partial charge in [-0.05, 0) is 27.6 Å². The second-order valence-corrected chi connectivity index (χ2v) is 6.71. The third kappa shape index (κ3) is 4.13. The predicted molar refractivity (Wildman–Crippen MR) is 107 cm³/mol. The first-order chi connectivity index (χ1) is 14.7. The Morgan fingerprint density at radius 3 is 2.73 bits per heavy atom. The summed E-state index contributed by atoms with van der Waals surface area (Å²) < 4.78 is 8.51. The van der Waals surface area contributed by atoms with E-state index >= 15 is 0 Å². The number of halogens is 1. The lowest BCUT2D eigenvalue weighted by Gasteiger charge is -2.14. The minimum Gasteiger partial charge on any atom is -0.496 e. The van der Waals surface area contributed by atoms with Gasteiger partial charge >= 0.3 is 0 Å². The fourth-order valence-electron chi connectivity index (χ4n) is 2.98. The number of nitrogens with zero attached hydrogens (tertiary/aromatic N) is 7. The first kappa shape index (κ1) is 19.5. The lowest BCUT2D eigenvalue weighted by molar-refractivity contribution is 0.0948. The smallest absolute Gasteiger partial charge is 0.255 e. The number of carbonyl (C=O) groups excluding carboxylic acids is 1. The molecule has 0 spiro atoms. The molecule has 0 radical (unpaired) electrons. The van der Waals surface area contributed by atoms with Crippen LogP contribution in [0, 0.1) is 0 Å². The van der Waals surface area contributed by atoms with Crippen molar-refractivity contribution in [2.45, 2.75) is 13.1 Å². The van der Waals surface area contributed by atoms with E-state index in [0.717, 1.165) is 11.1 Å². The highest BCUT2D eigenvalue weighted by Crippen LogP contribution is 2.29. The summed E-state index contributed by atoms with van der Waals surface area (Å²) in [5.74, 6) is 0.0471. The van der Waals surface area contributed by atoms with Crippen molar-refractivity contribution in [1.29, 1.82) is 0 Å². The minimum atomic E-state index is -0.312. The highest BCUT2D eigenvalue weighted by molar-refractivity contribution is 6.33. The van der Waals surface area contributed by atoms with Crippen molar-refractivity contribution in [3.8, 4) is 11.4 Å². The van der Waals surface area contributed by atoms with Gasteiger partial charge in [-0.3, -0.25) is 4.79 Å². The van der Waals surface area contributed by atoms with Gasteiger partial charge in [0.1, 0.15) is 24.7 Å². The lowest BCUT2D eigenvalue weighted by Crippen LogP contribution is -2.24. The molecule has 10 nitrogen and oxygen atoms in total. The predicted octanol–water partition coefficient (Wildman–Crippen LogP) is 1.89. The van der Waals surface area contributed by atoms with Gasteiger partial charge in [0, 0.05) is 12.6 Å². The second kappa shape index (κ2) is 8.70. The number of hydrogen-bond donors (Lipinski definition) is 1. The zero-order chi connectivity index (χ0) is 20.9.